The number of nitrogens with one attached hydrogen (secondary N) is 1. The lowest BCUT2D eigenvalue weighted by Gasteiger charge is -2.14. The molecule has 2 aromatic carbocycles. The maximum Gasteiger partial charge on any atom is 0.264 e. The molecule has 140 valence electrons. The van der Waals surface area contributed by atoms with Gasteiger partial charge in [-0.25, -0.2) is 4.98 Å². The molecule has 1 N–H and O–H groups in total. The summed E-state index contributed by atoms with van der Waals surface area (Å²) in [6.45, 7) is 6.14. The van der Waals surface area contributed by atoms with E-state index in [0.29, 0.717) is 11.0 Å². The third-order valence-electron chi connectivity index (χ3n) is 4.04. The third-order valence-corrected chi connectivity index (χ3v) is 5.42. The Bertz CT molecular complexity index is 939. The summed E-state index contributed by atoms with van der Waals surface area (Å²) >= 11 is 4.94. The summed E-state index contributed by atoms with van der Waals surface area (Å²) in [5, 5.41) is 3.42. The number of carbonyl (C=O) groups is 1. The van der Waals surface area contributed by atoms with E-state index in [1.54, 1.807) is 0 Å². The highest BCUT2D eigenvalue weighted by atomic mass is 79.9. The highest BCUT2D eigenvalue weighted by molar-refractivity contribution is 9.10. The number of carbonyl (C=O) groups excluding carboxylic acids is 1. The van der Waals surface area contributed by atoms with Gasteiger partial charge in [0.05, 0.1) is 5.69 Å². The number of ether oxygens (including phenoxy) is 1. The third kappa shape index (κ3) is 4.96. The molecule has 1 amide bonds. The van der Waals surface area contributed by atoms with E-state index < -0.39 is 0 Å². The molecule has 0 aliphatic carbocycles. The Balaban J connectivity index is 1.66. The van der Waals surface area contributed by atoms with Crippen molar-refractivity contribution in [1.82, 2.24) is 4.98 Å². The monoisotopic (exact) mass is 444 g/mol. The summed E-state index contributed by atoms with van der Waals surface area (Å²) in [5.74, 6) is 0.806. The van der Waals surface area contributed by atoms with E-state index in [2.05, 4.69) is 40.1 Å². The van der Waals surface area contributed by atoms with Crippen molar-refractivity contribution < 1.29 is 9.53 Å². The number of amides is 1. The molecule has 27 heavy (non-hydrogen) atoms. The van der Waals surface area contributed by atoms with Crippen LogP contribution < -0.4 is 10.1 Å². The van der Waals surface area contributed by atoms with Crippen LogP contribution in [0.5, 0.6) is 5.75 Å². The summed E-state index contributed by atoms with van der Waals surface area (Å²) in [5.41, 5.74) is 3.00. The van der Waals surface area contributed by atoms with Crippen molar-refractivity contribution in [3.8, 4) is 17.0 Å². The first-order valence-corrected chi connectivity index (χ1v) is 10.3. The number of aryl methyl sites for hydroxylation is 1. The molecule has 6 heteroatoms. The van der Waals surface area contributed by atoms with Crippen LogP contribution in [0.1, 0.15) is 30.2 Å². The molecular formula is C21H21BrN2O2S. The zero-order valence-corrected chi connectivity index (χ0v) is 17.9. The Morgan fingerprint density at radius 2 is 1.96 bits per heavy atom. The highest BCUT2D eigenvalue weighted by Crippen LogP contribution is 2.31. The molecule has 0 unspecified atom stereocenters. The molecule has 0 fully saturated rings. The minimum Gasteiger partial charge on any atom is -0.483 e. The van der Waals surface area contributed by atoms with Crippen LogP contribution in [-0.2, 0) is 4.79 Å². The Morgan fingerprint density at radius 1 is 1.22 bits per heavy atom. The van der Waals surface area contributed by atoms with Gasteiger partial charge in [0.15, 0.2) is 11.7 Å². The second-order valence-electron chi connectivity index (χ2n) is 6.46. The lowest BCUT2D eigenvalue weighted by Crippen LogP contribution is -2.20. The fraction of sp³-hybridized carbons (Fsp3) is 0.238. The van der Waals surface area contributed by atoms with Crippen LogP contribution in [-0.4, -0.2) is 17.5 Å². The molecule has 1 heterocycles. The smallest absolute Gasteiger partial charge is 0.264 e. The van der Waals surface area contributed by atoms with Gasteiger partial charge < -0.3 is 4.74 Å². The van der Waals surface area contributed by atoms with Crippen LogP contribution in [0.4, 0.5) is 5.13 Å². The van der Waals surface area contributed by atoms with Gasteiger partial charge in [-0.1, -0.05) is 60.1 Å². The van der Waals surface area contributed by atoms with Crippen molar-refractivity contribution in [3.63, 3.8) is 0 Å². The molecule has 0 aliphatic heterocycles. The zero-order chi connectivity index (χ0) is 19.4. The second-order valence-corrected chi connectivity index (χ2v) is 8.58. The molecular weight excluding hydrogens is 424 g/mol. The number of aromatic nitrogens is 1. The van der Waals surface area contributed by atoms with Gasteiger partial charge in [0.2, 0.25) is 0 Å². The summed E-state index contributed by atoms with van der Waals surface area (Å²) in [7, 11) is 0. The number of halogens is 1. The topological polar surface area (TPSA) is 51.2 Å². The molecule has 0 atom stereocenters. The molecule has 4 nitrogen and oxygen atoms in total. The molecule has 0 saturated heterocycles. The van der Waals surface area contributed by atoms with Gasteiger partial charge in [0.25, 0.3) is 5.91 Å². The van der Waals surface area contributed by atoms with Crippen molar-refractivity contribution in [2.75, 3.05) is 11.9 Å². The van der Waals surface area contributed by atoms with Crippen molar-refractivity contribution in [2.45, 2.75) is 26.7 Å². The number of anilines is 1. The SMILES string of the molecule is Cc1sc(NC(=O)COc2ccc(Br)cc2C(C)C)nc1-c1ccccc1. The number of hydrogen-bond donors (Lipinski definition) is 1. The molecule has 1 aromatic heterocycles. The molecule has 0 spiro atoms. The average Bonchev–Trinajstić information content (AvgIpc) is 3.01. The first-order chi connectivity index (χ1) is 12.9. The van der Waals surface area contributed by atoms with E-state index in [9.17, 15) is 4.79 Å². The number of benzene rings is 2. The van der Waals surface area contributed by atoms with Crippen LogP contribution in [0.2, 0.25) is 0 Å². The van der Waals surface area contributed by atoms with Gasteiger partial charge in [0, 0.05) is 14.9 Å². The van der Waals surface area contributed by atoms with Gasteiger partial charge in [-0.3, -0.25) is 10.1 Å². The summed E-state index contributed by atoms with van der Waals surface area (Å²) < 4.78 is 6.75. The summed E-state index contributed by atoms with van der Waals surface area (Å²) in [4.78, 5) is 17.9. The van der Waals surface area contributed by atoms with Crippen LogP contribution in [0.3, 0.4) is 0 Å². The maximum absolute atomic E-state index is 12.3. The summed E-state index contributed by atoms with van der Waals surface area (Å²) in [6, 6.07) is 15.8. The van der Waals surface area contributed by atoms with E-state index in [0.717, 1.165) is 31.9 Å². The number of rotatable bonds is 6. The molecule has 0 aliphatic rings. The van der Waals surface area contributed by atoms with E-state index in [1.165, 1.54) is 11.3 Å². The van der Waals surface area contributed by atoms with Crippen molar-refractivity contribution >= 4 is 38.3 Å². The predicted molar refractivity (Wildman–Crippen MR) is 115 cm³/mol. The van der Waals surface area contributed by atoms with Crippen molar-refractivity contribution in [1.29, 1.82) is 0 Å². The van der Waals surface area contributed by atoms with Crippen LogP contribution in [0, 0.1) is 6.92 Å². The lowest BCUT2D eigenvalue weighted by atomic mass is 10.0. The first-order valence-electron chi connectivity index (χ1n) is 8.69. The Kier molecular flexibility index (Phi) is 6.29. The maximum atomic E-state index is 12.3. The van der Waals surface area contributed by atoms with Crippen LogP contribution in [0.15, 0.2) is 53.0 Å². The highest BCUT2D eigenvalue weighted by Gasteiger charge is 2.14. The van der Waals surface area contributed by atoms with Crippen molar-refractivity contribution in [3.05, 3.63) is 63.4 Å². The fourth-order valence-corrected chi connectivity index (χ4v) is 3.95. The molecule has 0 saturated carbocycles. The molecule has 3 rings (SSSR count). The Morgan fingerprint density at radius 3 is 2.67 bits per heavy atom. The fourth-order valence-electron chi connectivity index (χ4n) is 2.71. The number of hydrogen-bond acceptors (Lipinski definition) is 4. The minimum absolute atomic E-state index is 0.0549. The second kappa shape index (κ2) is 8.67. The number of nitrogens with zero attached hydrogens (tertiary/aromatic N) is 1. The van der Waals surface area contributed by atoms with E-state index >= 15 is 0 Å². The lowest BCUT2D eigenvalue weighted by molar-refractivity contribution is -0.118. The van der Waals surface area contributed by atoms with Gasteiger partial charge in [-0.15, -0.1) is 11.3 Å². The molecule has 0 radical (unpaired) electrons. The van der Waals surface area contributed by atoms with E-state index in [4.69, 9.17) is 4.74 Å². The Hall–Kier alpha value is -2.18. The van der Waals surface area contributed by atoms with Gasteiger partial charge in [0.1, 0.15) is 5.75 Å². The first kappa shape index (κ1) is 19.6. The average molecular weight is 445 g/mol. The van der Waals surface area contributed by atoms with Gasteiger partial charge in [-0.2, -0.15) is 0 Å². The predicted octanol–water partition coefficient (Wildman–Crippen LogP) is 6.02. The molecule has 3 aromatic rings. The van der Waals surface area contributed by atoms with Crippen LogP contribution >= 0.6 is 27.3 Å². The van der Waals surface area contributed by atoms with Crippen molar-refractivity contribution in [2.24, 2.45) is 0 Å². The summed E-state index contributed by atoms with van der Waals surface area (Å²) in [6.07, 6.45) is 0. The largest absolute Gasteiger partial charge is 0.483 e. The quantitative estimate of drug-likeness (QED) is 0.505. The standard InChI is InChI=1S/C21H21BrN2O2S/c1-13(2)17-11-16(22)9-10-18(17)26-12-19(25)23-21-24-20(14(3)27-21)15-7-5-4-6-8-15/h4-11,13H,12H2,1-3H3,(H,23,24,25). The Labute approximate surface area is 171 Å². The van der Waals surface area contributed by atoms with Gasteiger partial charge in [-0.05, 0) is 36.6 Å². The van der Waals surface area contributed by atoms with E-state index in [-0.39, 0.29) is 12.5 Å². The zero-order valence-electron chi connectivity index (χ0n) is 15.5. The normalized spacial score (nSPS) is 10.9. The van der Waals surface area contributed by atoms with Crippen LogP contribution in [0.25, 0.3) is 11.3 Å². The minimum atomic E-state index is -0.221. The molecule has 0 bridgehead atoms. The van der Waals surface area contributed by atoms with Gasteiger partial charge >= 0.3 is 0 Å². The van der Waals surface area contributed by atoms with E-state index in [1.807, 2.05) is 55.5 Å². The number of thiazole rings is 1.